The molecular weight excluding hydrogens is 437 g/mol. The number of carboxylic acids is 1. The molecule has 0 atom stereocenters. The molecule has 2 N–H and O–H groups in total. The summed E-state index contributed by atoms with van der Waals surface area (Å²) in [4.78, 5) is 22.3. The van der Waals surface area contributed by atoms with Crippen molar-refractivity contribution in [3.63, 3.8) is 0 Å². The van der Waals surface area contributed by atoms with Crippen LogP contribution in [0.5, 0.6) is 0 Å². The lowest BCUT2D eigenvalue weighted by atomic mass is 10.1. The molecule has 0 aliphatic rings. The van der Waals surface area contributed by atoms with Crippen molar-refractivity contribution in [1.29, 1.82) is 0 Å². The molecule has 2 rings (SSSR count). The Bertz CT molecular complexity index is 972. The predicted octanol–water partition coefficient (Wildman–Crippen LogP) is 4.17. The van der Waals surface area contributed by atoms with Crippen LogP contribution in [0, 0.1) is 0 Å². The molecule has 0 aliphatic carbocycles. The van der Waals surface area contributed by atoms with Gasteiger partial charge in [-0.05, 0) is 30.3 Å². The van der Waals surface area contributed by atoms with E-state index in [9.17, 15) is 18.0 Å². The molecule has 6 nitrogen and oxygen atoms in total. The summed E-state index contributed by atoms with van der Waals surface area (Å²) in [6.45, 7) is -0.172. The number of hydrogen-bond acceptors (Lipinski definition) is 4. The number of Topliss-reactive ketones (excluding diaryl/α,β-unsaturated/α-hetero) is 1. The van der Waals surface area contributed by atoms with E-state index in [-0.39, 0.29) is 34.9 Å². The molecule has 2 aromatic carbocycles. The van der Waals surface area contributed by atoms with Gasteiger partial charge in [-0.2, -0.15) is 0 Å². The first-order chi connectivity index (χ1) is 12.6. The van der Waals surface area contributed by atoms with Crippen molar-refractivity contribution in [3.8, 4) is 0 Å². The van der Waals surface area contributed by atoms with Crippen LogP contribution < -0.4 is 4.72 Å². The van der Waals surface area contributed by atoms with Crippen LogP contribution in [-0.4, -0.2) is 25.3 Å². The fourth-order valence-electron chi connectivity index (χ4n) is 2.19. The lowest BCUT2D eigenvalue weighted by molar-refractivity contribution is -0.136. The van der Waals surface area contributed by atoms with Crippen LogP contribution >= 0.6 is 34.8 Å². The van der Waals surface area contributed by atoms with Gasteiger partial charge < -0.3 is 5.11 Å². The molecule has 0 saturated heterocycles. The Morgan fingerprint density at radius 1 is 0.963 bits per heavy atom. The van der Waals surface area contributed by atoms with Gasteiger partial charge in [-0.25, -0.2) is 13.1 Å². The van der Waals surface area contributed by atoms with Gasteiger partial charge in [0.25, 0.3) is 0 Å². The highest BCUT2D eigenvalue weighted by Crippen LogP contribution is 2.27. The van der Waals surface area contributed by atoms with Crippen molar-refractivity contribution >= 4 is 56.6 Å². The SMILES string of the molecule is O=C(O)CCC(=O)c1ccc(Cl)c(S(=O)(=O)NCc2c(Cl)cccc2Cl)c1. The molecule has 0 fully saturated rings. The molecule has 0 amide bonds. The summed E-state index contributed by atoms with van der Waals surface area (Å²) in [6, 6.07) is 8.51. The number of carboxylic acid groups (broad SMARTS) is 1. The minimum Gasteiger partial charge on any atom is -0.481 e. The Morgan fingerprint density at radius 3 is 2.19 bits per heavy atom. The Morgan fingerprint density at radius 2 is 1.59 bits per heavy atom. The minimum absolute atomic E-state index is 0.0526. The minimum atomic E-state index is -4.08. The lowest BCUT2D eigenvalue weighted by Crippen LogP contribution is -2.24. The number of sulfonamides is 1. The first-order valence-corrected chi connectivity index (χ1v) is 10.2. The van der Waals surface area contributed by atoms with Gasteiger partial charge in [-0.3, -0.25) is 9.59 Å². The van der Waals surface area contributed by atoms with Gasteiger partial charge in [0.15, 0.2) is 5.78 Å². The molecule has 0 aromatic heterocycles. The molecule has 0 bridgehead atoms. The van der Waals surface area contributed by atoms with Gasteiger partial charge in [-0.1, -0.05) is 40.9 Å². The van der Waals surface area contributed by atoms with Gasteiger partial charge in [0, 0.05) is 34.1 Å². The third-order valence-corrected chi connectivity index (χ3v) is 6.20. The summed E-state index contributed by atoms with van der Waals surface area (Å²) in [6.07, 6.45) is -0.605. The zero-order valence-corrected chi connectivity index (χ0v) is 16.8. The third kappa shape index (κ3) is 5.67. The van der Waals surface area contributed by atoms with Crippen molar-refractivity contribution in [2.45, 2.75) is 24.3 Å². The van der Waals surface area contributed by atoms with E-state index in [0.29, 0.717) is 15.6 Å². The van der Waals surface area contributed by atoms with Gasteiger partial charge in [0.05, 0.1) is 11.4 Å². The highest BCUT2D eigenvalue weighted by molar-refractivity contribution is 7.89. The molecule has 10 heteroatoms. The summed E-state index contributed by atoms with van der Waals surface area (Å²) in [5, 5.41) is 9.18. The van der Waals surface area contributed by atoms with Crippen LogP contribution in [0.3, 0.4) is 0 Å². The predicted molar refractivity (Wildman–Crippen MR) is 103 cm³/mol. The fraction of sp³-hybridized carbons (Fsp3) is 0.176. The highest BCUT2D eigenvalue weighted by atomic mass is 35.5. The zero-order valence-electron chi connectivity index (χ0n) is 13.7. The maximum absolute atomic E-state index is 12.6. The second-order valence-electron chi connectivity index (χ2n) is 5.49. The normalized spacial score (nSPS) is 11.4. The Hall–Kier alpha value is -1.64. The monoisotopic (exact) mass is 449 g/mol. The number of carbonyl (C=O) groups excluding carboxylic acids is 1. The molecule has 0 aliphatic heterocycles. The molecule has 0 unspecified atom stereocenters. The largest absolute Gasteiger partial charge is 0.481 e. The van der Waals surface area contributed by atoms with Crippen LogP contribution in [0.15, 0.2) is 41.3 Å². The Kier molecular flexibility index (Phi) is 7.25. The summed E-state index contributed by atoms with van der Waals surface area (Å²) < 4.78 is 27.5. The Labute approximate surface area is 171 Å². The molecule has 2 aromatic rings. The maximum Gasteiger partial charge on any atom is 0.303 e. The first-order valence-electron chi connectivity index (χ1n) is 7.59. The van der Waals surface area contributed by atoms with Crippen molar-refractivity contribution in [2.24, 2.45) is 0 Å². The van der Waals surface area contributed by atoms with E-state index in [1.807, 2.05) is 0 Å². The quantitative estimate of drug-likeness (QED) is 0.588. The number of nitrogens with one attached hydrogen (secondary N) is 1. The van der Waals surface area contributed by atoms with E-state index >= 15 is 0 Å². The van der Waals surface area contributed by atoms with E-state index in [0.717, 1.165) is 6.07 Å². The fourth-order valence-corrected chi connectivity index (χ4v) is 4.24. The molecule has 0 spiro atoms. The van der Waals surface area contributed by atoms with Crippen LogP contribution in [0.4, 0.5) is 0 Å². The van der Waals surface area contributed by atoms with E-state index in [4.69, 9.17) is 39.9 Å². The average molecular weight is 451 g/mol. The number of carbonyl (C=O) groups is 2. The van der Waals surface area contributed by atoms with E-state index in [1.165, 1.54) is 12.1 Å². The van der Waals surface area contributed by atoms with Crippen molar-refractivity contribution < 1.29 is 23.1 Å². The van der Waals surface area contributed by atoms with Crippen LogP contribution in [0.25, 0.3) is 0 Å². The first kappa shape index (κ1) is 21.7. The number of ketones is 1. The molecule has 0 heterocycles. The summed E-state index contributed by atoms with van der Waals surface area (Å²) in [5.41, 5.74) is 0.450. The zero-order chi connectivity index (χ0) is 20.2. The number of hydrogen-bond donors (Lipinski definition) is 2. The maximum atomic E-state index is 12.6. The number of benzene rings is 2. The standard InChI is InChI=1S/C17H14Cl3NO5S/c18-12-2-1-3-13(19)11(12)9-21-27(25,26)16-8-10(4-5-14(16)20)15(22)6-7-17(23)24/h1-5,8,21H,6-7,9H2,(H,23,24). The topological polar surface area (TPSA) is 101 Å². The van der Waals surface area contributed by atoms with E-state index < -0.39 is 21.8 Å². The Balaban J connectivity index is 2.26. The van der Waals surface area contributed by atoms with Gasteiger partial charge >= 0.3 is 5.97 Å². The highest BCUT2D eigenvalue weighted by Gasteiger charge is 2.21. The van der Waals surface area contributed by atoms with Crippen molar-refractivity contribution in [3.05, 3.63) is 62.6 Å². The van der Waals surface area contributed by atoms with Crippen LogP contribution in [0.2, 0.25) is 15.1 Å². The van der Waals surface area contributed by atoms with Crippen molar-refractivity contribution in [2.75, 3.05) is 0 Å². The number of halogens is 3. The van der Waals surface area contributed by atoms with Gasteiger partial charge in [0.2, 0.25) is 10.0 Å². The molecular formula is C17H14Cl3NO5S. The number of aliphatic carboxylic acids is 1. The second-order valence-corrected chi connectivity index (χ2v) is 8.44. The van der Waals surface area contributed by atoms with Crippen molar-refractivity contribution in [1.82, 2.24) is 4.72 Å². The summed E-state index contributed by atoms with van der Waals surface area (Å²) in [5.74, 6) is -1.62. The lowest BCUT2D eigenvalue weighted by Gasteiger charge is -2.11. The van der Waals surface area contributed by atoms with Crippen LogP contribution in [0.1, 0.15) is 28.8 Å². The molecule has 27 heavy (non-hydrogen) atoms. The molecule has 0 radical (unpaired) electrons. The van der Waals surface area contributed by atoms with E-state index in [2.05, 4.69) is 4.72 Å². The summed E-state index contributed by atoms with van der Waals surface area (Å²) in [7, 11) is -4.08. The van der Waals surface area contributed by atoms with Crippen LogP contribution in [-0.2, 0) is 21.4 Å². The van der Waals surface area contributed by atoms with Gasteiger partial charge in [0.1, 0.15) is 4.90 Å². The third-order valence-electron chi connectivity index (χ3n) is 3.61. The average Bonchev–Trinajstić information content (AvgIpc) is 2.59. The smallest absolute Gasteiger partial charge is 0.303 e. The molecule has 144 valence electrons. The summed E-state index contributed by atoms with van der Waals surface area (Å²) >= 11 is 18.0. The van der Waals surface area contributed by atoms with Gasteiger partial charge in [-0.15, -0.1) is 0 Å². The molecule has 0 saturated carbocycles. The number of rotatable bonds is 8. The second kappa shape index (κ2) is 9.03. The van der Waals surface area contributed by atoms with E-state index in [1.54, 1.807) is 18.2 Å².